The van der Waals surface area contributed by atoms with Gasteiger partial charge in [-0.15, -0.1) is 0 Å². The summed E-state index contributed by atoms with van der Waals surface area (Å²) in [6, 6.07) is 18.3. The highest BCUT2D eigenvalue weighted by molar-refractivity contribution is 5.95. The molecule has 2 aromatic carbocycles. The number of rotatable bonds is 7. The van der Waals surface area contributed by atoms with Crippen molar-refractivity contribution in [1.29, 1.82) is 0 Å². The summed E-state index contributed by atoms with van der Waals surface area (Å²) < 4.78 is 6.68. The third kappa shape index (κ3) is 4.56. The molecule has 3 aromatic rings. The smallest absolute Gasteiger partial charge is 0.272 e. The molecule has 0 radical (unpaired) electrons. The van der Waals surface area contributed by atoms with Gasteiger partial charge in [0.25, 0.3) is 5.91 Å². The van der Waals surface area contributed by atoms with Crippen LogP contribution < -0.4 is 15.4 Å². The fraction of sp³-hybridized carbons (Fsp3) is 0.190. The Balaban J connectivity index is 1.78. The van der Waals surface area contributed by atoms with Crippen LogP contribution in [0.25, 0.3) is 5.69 Å². The van der Waals surface area contributed by atoms with Crippen LogP contribution in [-0.2, 0) is 11.3 Å². The van der Waals surface area contributed by atoms with E-state index >= 15 is 0 Å². The Kier molecular flexibility index (Phi) is 6.06. The number of hydrogen-bond acceptors (Lipinski definition) is 4. The van der Waals surface area contributed by atoms with Crippen LogP contribution in [-0.4, -0.2) is 28.7 Å². The Morgan fingerprint density at radius 1 is 1.07 bits per heavy atom. The number of methoxy groups -OCH3 is 1. The highest BCUT2D eigenvalue weighted by atomic mass is 16.5. The van der Waals surface area contributed by atoms with Crippen molar-refractivity contribution in [1.82, 2.24) is 15.1 Å². The summed E-state index contributed by atoms with van der Waals surface area (Å²) in [6.45, 7) is 2.12. The second kappa shape index (κ2) is 8.85. The second-order valence-electron chi connectivity index (χ2n) is 6.09. The first kappa shape index (κ1) is 19.2. The van der Waals surface area contributed by atoms with Crippen LogP contribution in [0.3, 0.4) is 0 Å². The minimum Gasteiger partial charge on any atom is -0.497 e. The third-order valence-corrected chi connectivity index (χ3v) is 4.14. The van der Waals surface area contributed by atoms with Crippen LogP contribution >= 0.6 is 0 Å². The van der Waals surface area contributed by atoms with Gasteiger partial charge >= 0.3 is 0 Å². The predicted molar refractivity (Wildman–Crippen MR) is 107 cm³/mol. The molecule has 0 aliphatic carbocycles. The molecule has 144 valence electrons. The topological polar surface area (TPSA) is 85.2 Å². The van der Waals surface area contributed by atoms with E-state index in [4.69, 9.17) is 4.74 Å². The molecule has 0 bridgehead atoms. The third-order valence-electron chi connectivity index (χ3n) is 4.14. The number of anilines is 1. The summed E-state index contributed by atoms with van der Waals surface area (Å²) in [5.41, 5.74) is 1.92. The van der Waals surface area contributed by atoms with Crippen molar-refractivity contribution in [2.24, 2.45) is 0 Å². The summed E-state index contributed by atoms with van der Waals surface area (Å²) in [5.74, 6) is 0.736. The van der Waals surface area contributed by atoms with Crippen LogP contribution in [0.5, 0.6) is 5.75 Å². The Bertz CT molecular complexity index is 950. The van der Waals surface area contributed by atoms with Gasteiger partial charge in [0.05, 0.1) is 12.8 Å². The number of para-hydroxylation sites is 1. The van der Waals surface area contributed by atoms with E-state index in [2.05, 4.69) is 15.7 Å². The SMILES string of the molecule is CCC(=O)Nc1cc(C(=O)NCc2ccc(OC)cc2)nn1-c1ccccc1. The molecule has 0 aliphatic rings. The largest absolute Gasteiger partial charge is 0.497 e. The molecule has 1 aromatic heterocycles. The Morgan fingerprint density at radius 2 is 1.79 bits per heavy atom. The van der Waals surface area contributed by atoms with E-state index in [0.29, 0.717) is 18.8 Å². The first-order valence-electron chi connectivity index (χ1n) is 8.97. The molecule has 2 N–H and O–H groups in total. The predicted octanol–water partition coefficient (Wildman–Crippen LogP) is 3.16. The number of benzene rings is 2. The van der Waals surface area contributed by atoms with Crippen LogP contribution in [0.4, 0.5) is 5.82 Å². The fourth-order valence-electron chi connectivity index (χ4n) is 2.59. The van der Waals surface area contributed by atoms with Gasteiger partial charge in [0, 0.05) is 19.0 Å². The van der Waals surface area contributed by atoms with Gasteiger partial charge in [-0.2, -0.15) is 5.10 Å². The van der Waals surface area contributed by atoms with Gasteiger partial charge in [0.15, 0.2) is 5.69 Å². The lowest BCUT2D eigenvalue weighted by Gasteiger charge is -2.07. The molecule has 0 spiro atoms. The molecule has 2 amide bonds. The van der Waals surface area contributed by atoms with E-state index < -0.39 is 0 Å². The van der Waals surface area contributed by atoms with E-state index in [1.54, 1.807) is 24.8 Å². The van der Waals surface area contributed by atoms with E-state index in [0.717, 1.165) is 17.0 Å². The van der Waals surface area contributed by atoms with Gasteiger partial charge in [-0.3, -0.25) is 9.59 Å². The normalized spacial score (nSPS) is 10.4. The zero-order valence-corrected chi connectivity index (χ0v) is 15.8. The average molecular weight is 378 g/mol. The van der Waals surface area contributed by atoms with Gasteiger partial charge in [-0.25, -0.2) is 4.68 Å². The van der Waals surface area contributed by atoms with Crippen molar-refractivity contribution in [3.8, 4) is 11.4 Å². The lowest BCUT2D eigenvalue weighted by atomic mass is 10.2. The molecule has 0 fully saturated rings. The zero-order valence-electron chi connectivity index (χ0n) is 15.8. The molecular weight excluding hydrogens is 356 g/mol. The molecular formula is C21H22N4O3. The minimum atomic E-state index is -0.322. The van der Waals surface area contributed by atoms with Gasteiger partial charge in [0.1, 0.15) is 11.6 Å². The van der Waals surface area contributed by atoms with Crippen LogP contribution in [0.1, 0.15) is 29.4 Å². The van der Waals surface area contributed by atoms with Gasteiger partial charge in [-0.1, -0.05) is 37.3 Å². The maximum Gasteiger partial charge on any atom is 0.272 e. The molecule has 7 nitrogen and oxygen atoms in total. The first-order chi connectivity index (χ1) is 13.6. The van der Waals surface area contributed by atoms with Crippen molar-refractivity contribution >= 4 is 17.6 Å². The van der Waals surface area contributed by atoms with Crippen molar-refractivity contribution in [3.63, 3.8) is 0 Å². The number of carbonyl (C=O) groups excluding carboxylic acids is 2. The lowest BCUT2D eigenvalue weighted by molar-refractivity contribution is -0.115. The maximum atomic E-state index is 12.6. The van der Waals surface area contributed by atoms with Crippen molar-refractivity contribution < 1.29 is 14.3 Å². The molecule has 0 saturated heterocycles. The number of aromatic nitrogens is 2. The summed E-state index contributed by atoms with van der Waals surface area (Å²) >= 11 is 0. The quantitative estimate of drug-likeness (QED) is 0.661. The average Bonchev–Trinajstić information content (AvgIpc) is 3.16. The van der Waals surface area contributed by atoms with E-state index in [1.165, 1.54) is 0 Å². The lowest BCUT2D eigenvalue weighted by Crippen LogP contribution is -2.23. The minimum absolute atomic E-state index is 0.151. The zero-order chi connectivity index (χ0) is 19.9. The van der Waals surface area contributed by atoms with Crippen LogP contribution in [0.15, 0.2) is 60.7 Å². The van der Waals surface area contributed by atoms with Gasteiger partial charge < -0.3 is 15.4 Å². The molecule has 3 rings (SSSR count). The van der Waals surface area contributed by atoms with Crippen molar-refractivity contribution in [3.05, 3.63) is 71.9 Å². The molecule has 0 saturated carbocycles. The summed E-state index contributed by atoms with van der Waals surface area (Å²) in [5, 5.41) is 10.0. The molecule has 0 atom stereocenters. The highest BCUT2D eigenvalue weighted by Gasteiger charge is 2.16. The number of hydrogen-bond donors (Lipinski definition) is 2. The van der Waals surface area contributed by atoms with E-state index in [9.17, 15) is 9.59 Å². The molecule has 0 aliphatic heterocycles. The standard InChI is InChI=1S/C21H22N4O3/c1-3-20(26)23-19-13-18(24-25(19)16-7-5-4-6-8-16)21(27)22-14-15-9-11-17(28-2)12-10-15/h4-13H,3,14H2,1-2H3,(H,22,27)(H,23,26). The number of nitrogens with zero attached hydrogens (tertiary/aromatic N) is 2. The van der Waals surface area contributed by atoms with Crippen LogP contribution in [0, 0.1) is 0 Å². The summed E-state index contributed by atoms with van der Waals surface area (Å²) in [4.78, 5) is 24.4. The molecule has 1 heterocycles. The maximum absolute atomic E-state index is 12.6. The molecule has 0 unspecified atom stereocenters. The number of amides is 2. The van der Waals surface area contributed by atoms with Crippen molar-refractivity contribution in [2.45, 2.75) is 19.9 Å². The van der Waals surface area contributed by atoms with E-state index in [1.807, 2.05) is 54.6 Å². The highest BCUT2D eigenvalue weighted by Crippen LogP contribution is 2.18. The number of ether oxygens (including phenoxy) is 1. The Hall–Kier alpha value is -3.61. The number of nitrogens with one attached hydrogen (secondary N) is 2. The summed E-state index contributed by atoms with van der Waals surface area (Å²) in [6.07, 6.45) is 0.332. The monoisotopic (exact) mass is 378 g/mol. The Labute approximate surface area is 163 Å². The van der Waals surface area contributed by atoms with Crippen molar-refractivity contribution in [2.75, 3.05) is 12.4 Å². The Morgan fingerprint density at radius 3 is 2.43 bits per heavy atom. The molecule has 28 heavy (non-hydrogen) atoms. The van der Waals surface area contributed by atoms with E-state index in [-0.39, 0.29) is 17.5 Å². The molecule has 7 heteroatoms. The first-order valence-corrected chi connectivity index (χ1v) is 8.97. The summed E-state index contributed by atoms with van der Waals surface area (Å²) in [7, 11) is 1.61. The van der Waals surface area contributed by atoms with Crippen LogP contribution in [0.2, 0.25) is 0 Å². The second-order valence-corrected chi connectivity index (χ2v) is 6.09. The number of carbonyl (C=O) groups is 2. The van der Waals surface area contributed by atoms with Gasteiger partial charge in [0.2, 0.25) is 5.91 Å². The van der Waals surface area contributed by atoms with Gasteiger partial charge in [-0.05, 0) is 29.8 Å². The fourth-order valence-corrected chi connectivity index (χ4v) is 2.59.